The lowest BCUT2D eigenvalue weighted by atomic mass is 9.95. The van der Waals surface area contributed by atoms with E-state index in [1.807, 2.05) is 0 Å². The summed E-state index contributed by atoms with van der Waals surface area (Å²) in [5, 5.41) is 2.83. The monoisotopic (exact) mass is 486 g/mol. The molecular weight excluding hydrogens is 440 g/mol. The van der Waals surface area contributed by atoms with E-state index in [0.717, 1.165) is 6.42 Å². The molecule has 1 aliphatic rings. The topological polar surface area (TPSA) is 27.7 Å². The fraction of sp³-hybridized carbons (Fsp3) is 0.643. The van der Waals surface area contributed by atoms with E-state index in [1.165, 1.54) is 16.3 Å². The SMILES string of the molecule is CC(C)(C)[Si](C)(C)OC[C@@]1(C)O[C@@H](c2cccc3ccccc23)C[C@H]1O[Si](C)(C)C(C)(C)C. The van der Waals surface area contributed by atoms with Gasteiger partial charge in [0, 0.05) is 6.42 Å². The average molecular weight is 487 g/mol. The standard InChI is InChI=1S/C28H46O3Si2/c1-26(2,3)32(8,9)29-20-28(7)25(31-33(10,11)27(4,5)6)19-24(30-28)23-18-14-16-21-15-12-13-17-22(21)23/h12-18,24-25H,19-20H2,1-11H3/t24-,25-,28-/m1/s1. The smallest absolute Gasteiger partial charge is 0.192 e. The Kier molecular flexibility index (Phi) is 7.18. The molecule has 0 amide bonds. The Balaban J connectivity index is 1.95. The van der Waals surface area contributed by atoms with E-state index in [4.69, 9.17) is 13.6 Å². The van der Waals surface area contributed by atoms with Crippen LogP contribution < -0.4 is 0 Å². The van der Waals surface area contributed by atoms with Crippen LogP contribution >= 0.6 is 0 Å². The molecule has 2 aromatic carbocycles. The summed E-state index contributed by atoms with van der Waals surface area (Å²) in [5.41, 5.74) is 0.778. The van der Waals surface area contributed by atoms with Crippen LogP contribution in [-0.2, 0) is 13.6 Å². The molecule has 33 heavy (non-hydrogen) atoms. The van der Waals surface area contributed by atoms with Crippen LogP contribution in [0.2, 0.25) is 36.3 Å². The minimum atomic E-state index is -1.98. The van der Waals surface area contributed by atoms with Crippen LogP contribution in [0.1, 0.15) is 66.6 Å². The zero-order chi connectivity index (χ0) is 24.9. The van der Waals surface area contributed by atoms with Gasteiger partial charge in [-0.3, -0.25) is 0 Å². The molecule has 0 radical (unpaired) electrons. The molecule has 0 spiro atoms. The van der Waals surface area contributed by atoms with Crippen LogP contribution in [0, 0.1) is 0 Å². The van der Waals surface area contributed by atoms with Crippen molar-refractivity contribution in [3.63, 3.8) is 0 Å². The normalized spacial score (nSPS) is 25.1. The maximum atomic E-state index is 7.04. The molecule has 3 rings (SSSR count). The van der Waals surface area contributed by atoms with Gasteiger partial charge in [-0.2, -0.15) is 0 Å². The molecule has 0 saturated carbocycles. The molecule has 1 heterocycles. The van der Waals surface area contributed by atoms with Crippen molar-refractivity contribution in [2.75, 3.05) is 6.61 Å². The summed E-state index contributed by atoms with van der Waals surface area (Å²) in [6.45, 7) is 25.9. The molecule has 0 aliphatic carbocycles. The van der Waals surface area contributed by atoms with E-state index in [0.29, 0.717) is 6.61 Å². The van der Waals surface area contributed by atoms with E-state index in [9.17, 15) is 0 Å². The Morgan fingerprint density at radius 2 is 1.45 bits per heavy atom. The average Bonchev–Trinajstić information content (AvgIpc) is 3.00. The zero-order valence-corrected chi connectivity index (χ0v) is 24.8. The first-order valence-electron chi connectivity index (χ1n) is 12.4. The number of benzene rings is 2. The number of ether oxygens (including phenoxy) is 1. The molecule has 2 aromatic rings. The second-order valence-corrected chi connectivity index (χ2v) is 22.7. The first-order chi connectivity index (χ1) is 15.0. The first-order valence-corrected chi connectivity index (χ1v) is 18.3. The lowest BCUT2D eigenvalue weighted by Gasteiger charge is -2.44. The lowest BCUT2D eigenvalue weighted by Crippen LogP contribution is -2.53. The number of hydrogen-bond donors (Lipinski definition) is 0. The maximum Gasteiger partial charge on any atom is 0.192 e. The number of hydrogen-bond acceptors (Lipinski definition) is 3. The maximum absolute atomic E-state index is 7.04. The van der Waals surface area contributed by atoms with Gasteiger partial charge in [0.15, 0.2) is 16.6 Å². The van der Waals surface area contributed by atoms with Crippen molar-refractivity contribution in [3.8, 4) is 0 Å². The first kappa shape index (κ1) is 26.6. The fourth-order valence-corrected chi connectivity index (χ4v) is 6.48. The third-order valence-electron chi connectivity index (χ3n) is 8.46. The van der Waals surface area contributed by atoms with E-state index >= 15 is 0 Å². The van der Waals surface area contributed by atoms with Gasteiger partial charge in [-0.05, 0) is 59.5 Å². The van der Waals surface area contributed by atoms with Gasteiger partial charge in [0.05, 0.1) is 18.8 Å². The van der Waals surface area contributed by atoms with Gasteiger partial charge in [-0.1, -0.05) is 84.0 Å². The third kappa shape index (κ3) is 5.48. The van der Waals surface area contributed by atoms with Gasteiger partial charge in [-0.15, -0.1) is 0 Å². The summed E-state index contributed by atoms with van der Waals surface area (Å²) in [6.07, 6.45) is 0.865. The van der Waals surface area contributed by atoms with E-state index < -0.39 is 22.2 Å². The van der Waals surface area contributed by atoms with Crippen molar-refractivity contribution in [1.29, 1.82) is 0 Å². The highest BCUT2D eigenvalue weighted by Gasteiger charge is 2.52. The van der Waals surface area contributed by atoms with Crippen LogP contribution in [0.25, 0.3) is 10.8 Å². The molecule has 0 aromatic heterocycles. The Bertz CT molecular complexity index is 966. The predicted octanol–water partition coefficient (Wildman–Crippen LogP) is 8.47. The summed E-state index contributed by atoms with van der Waals surface area (Å²) in [6, 6.07) is 15.1. The molecule has 1 fully saturated rings. The van der Waals surface area contributed by atoms with Crippen molar-refractivity contribution in [2.45, 2.75) is 109 Å². The van der Waals surface area contributed by atoms with Crippen molar-refractivity contribution in [1.82, 2.24) is 0 Å². The molecule has 0 bridgehead atoms. The summed E-state index contributed by atoms with van der Waals surface area (Å²) in [7, 11) is -3.89. The molecule has 5 heteroatoms. The fourth-order valence-electron chi connectivity index (χ4n) is 3.99. The number of rotatable bonds is 6. The minimum absolute atomic E-state index is 0.00103. The van der Waals surface area contributed by atoms with Crippen molar-refractivity contribution < 1.29 is 13.6 Å². The van der Waals surface area contributed by atoms with Gasteiger partial charge in [0.25, 0.3) is 0 Å². The molecule has 3 atom stereocenters. The van der Waals surface area contributed by atoms with Crippen molar-refractivity contribution in [2.24, 2.45) is 0 Å². The van der Waals surface area contributed by atoms with Crippen LogP contribution in [0.5, 0.6) is 0 Å². The summed E-state index contributed by atoms with van der Waals surface area (Å²) >= 11 is 0. The highest BCUT2D eigenvalue weighted by atomic mass is 28.4. The van der Waals surface area contributed by atoms with E-state index in [-0.39, 0.29) is 22.3 Å². The van der Waals surface area contributed by atoms with Gasteiger partial charge in [-0.25, -0.2) is 0 Å². The molecule has 1 saturated heterocycles. The van der Waals surface area contributed by atoms with E-state index in [2.05, 4.69) is 117 Å². The molecular formula is C28H46O3Si2. The van der Waals surface area contributed by atoms with Crippen LogP contribution in [0.15, 0.2) is 42.5 Å². The Morgan fingerprint density at radius 3 is 2.06 bits per heavy atom. The predicted molar refractivity (Wildman–Crippen MR) is 146 cm³/mol. The summed E-state index contributed by atoms with van der Waals surface area (Å²) in [5.74, 6) is 0. The van der Waals surface area contributed by atoms with E-state index in [1.54, 1.807) is 0 Å². The lowest BCUT2D eigenvalue weighted by molar-refractivity contribution is -0.0926. The van der Waals surface area contributed by atoms with Gasteiger partial charge in [0.1, 0.15) is 5.60 Å². The van der Waals surface area contributed by atoms with Crippen LogP contribution in [0.3, 0.4) is 0 Å². The van der Waals surface area contributed by atoms with Gasteiger partial charge < -0.3 is 13.6 Å². The zero-order valence-electron chi connectivity index (χ0n) is 22.8. The van der Waals surface area contributed by atoms with Crippen molar-refractivity contribution >= 4 is 27.4 Å². The quantitative estimate of drug-likeness (QED) is 0.383. The molecule has 184 valence electrons. The Labute approximate surface area is 204 Å². The highest BCUT2D eigenvalue weighted by Crippen LogP contribution is 2.48. The van der Waals surface area contributed by atoms with Crippen LogP contribution in [0.4, 0.5) is 0 Å². The second-order valence-electron chi connectivity index (χ2n) is 13.1. The minimum Gasteiger partial charge on any atom is -0.414 e. The highest BCUT2D eigenvalue weighted by molar-refractivity contribution is 6.74. The third-order valence-corrected chi connectivity index (χ3v) is 17.4. The van der Waals surface area contributed by atoms with Gasteiger partial charge in [0.2, 0.25) is 0 Å². The Morgan fingerprint density at radius 1 is 0.879 bits per heavy atom. The largest absolute Gasteiger partial charge is 0.414 e. The second kappa shape index (κ2) is 8.90. The van der Waals surface area contributed by atoms with Gasteiger partial charge >= 0.3 is 0 Å². The Hall–Kier alpha value is -0.986. The van der Waals surface area contributed by atoms with Crippen LogP contribution in [-0.4, -0.2) is 34.9 Å². The molecule has 0 unspecified atom stereocenters. The molecule has 0 N–H and O–H groups in total. The molecule has 1 aliphatic heterocycles. The van der Waals surface area contributed by atoms with Crippen molar-refractivity contribution in [3.05, 3.63) is 48.0 Å². The summed E-state index contributed by atoms with van der Waals surface area (Å²) < 4.78 is 20.7. The molecule has 3 nitrogen and oxygen atoms in total. The number of fused-ring (bicyclic) bond motifs is 1. The summed E-state index contributed by atoms with van der Waals surface area (Å²) in [4.78, 5) is 0.